The molecule has 1 rings (SSSR count). The molecule has 1 saturated heterocycles. The van der Waals surface area contributed by atoms with Crippen LogP contribution in [0.4, 0.5) is 0 Å². The van der Waals surface area contributed by atoms with E-state index in [1.165, 1.54) is 199 Å². The van der Waals surface area contributed by atoms with Gasteiger partial charge in [-0.3, -0.25) is 4.79 Å². The van der Waals surface area contributed by atoms with E-state index in [1.807, 2.05) is 0 Å². The lowest BCUT2D eigenvalue weighted by Gasteiger charge is -2.40. The molecule has 11 heteroatoms. The van der Waals surface area contributed by atoms with Gasteiger partial charge in [0.2, 0.25) is 5.91 Å². The zero-order valence-electron chi connectivity index (χ0n) is 44.1. The number of aliphatic hydroxyl groups is 7. The monoisotopic (exact) mass is 970 g/mol. The van der Waals surface area contributed by atoms with Gasteiger partial charge in [0.1, 0.15) is 36.6 Å². The molecule has 1 fully saturated rings. The van der Waals surface area contributed by atoms with Gasteiger partial charge in [0.05, 0.1) is 25.4 Å². The predicted molar refractivity (Wildman–Crippen MR) is 279 cm³/mol. The molecule has 0 aromatic carbocycles. The highest BCUT2D eigenvalue weighted by molar-refractivity contribution is 5.80. The molecule has 68 heavy (non-hydrogen) atoms. The third-order valence-electron chi connectivity index (χ3n) is 14.3. The molecular weight excluding hydrogens is 859 g/mol. The smallest absolute Gasteiger partial charge is 0.249 e. The first-order valence-electron chi connectivity index (χ1n) is 29.1. The van der Waals surface area contributed by atoms with Crippen molar-refractivity contribution in [2.24, 2.45) is 0 Å². The van der Waals surface area contributed by atoms with Crippen molar-refractivity contribution >= 4 is 5.91 Å². The summed E-state index contributed by atoms with van der Waals surface area (Å²) in [5.74, 6) is -0.703. The molecule has 0 aliphatic carbocycles. The fourth-order valence-electron chi connectivity index (χ4n) is 9.56. The van der Waals surface area contributed by atoms with Crippen LogP contribution in [0.25, 0.3) is 0 Å². The molecular formula is C57H111NO10. The minimum atomic E-state index is -1.66. The van der Waals surface area contributed by atoms with Gasteiger partial charge in [-0.1, -0.05) is 251 Å². The number of ether oxygens (including phenoxy) is 2. The Labute approximate surface area is 417 Å². The predicted octanol–water partition coefficient (Wildman–Crippen LogP) is 12.0. The first kappa shape index (κ1) is 64.9. The standard InChI is InChI=1S/C57H111NO10/c1-3-5-7-9-11-13-15-16-17-18-19-20-21-22-23-24-25-26-27-28-29-30-31-32-33-34-35-37-39-41-43-45-50(61)56(66)58-48(47-67-57-55(65)54(64)53(63)51(46-59)68-57)52(62)49(60)44-42-40-38-36-14-12-10-8-6-4-2/h36,38,48-55,57,59-65H,3-35,37,39-47H2,1-2H3,(H,58,66)/b38-36+. The Morgan fingerprint density at radius 2 is 0.868 bits per heavy atom. The lowest BCUT2D eigenvalue weighted by Crippen LogP contribution is -2.60. The summed E-state index contributed by atoms with van der Waals surface area (Å²) in [4.78, 5) is 13.1. The molecule has 0 bridgehead atoms. The Morgan fingerprint density at radius 3 is 1.26 bits per heavy atom. The minimum Gasteiger partial charge on any atom is -0.394 e. The highest BCUT2D eigenvalue weighted by Crippen LogP contribution is 2.23. The van der Waals surface area contributed by atoms with Crippen LogP contribution in [0.2, 0.25) is 0 Å². The van der Waals surface area contributed by atoms with Crippen LogP contribution in [0.1, 0.15) is 277 Å². The zero-order valence-corrected chi connectivity index (χ0v) is 44.1. The molecule has 8 N–H and O–H groups in total. The molecule has 11 nitrogen and oxygen atoms in total. The Bertz CT molecular complexity index is 1110. The van der Waals surface area contributed by atoms with Crippen molar-refractivity contribution in [1.29, 1.82) is 0 Å². The minimum absolute atomic E-state index is 0.259. The molecule has 0 saturated carbocycles. The van der Waals surface area contributed by atoms with Gasteiger partial charge in [0, 0.05) is 0 Å². The third-order valence-corrected chi connectivity index (χ3v) is 14.3. The van der Waals surface area contributed by atoms with E-state index in [0.29, 0.717) is 12.8 Å². The lowest BCUT2D eigenvalue weighted by atomic mass is 9.98. The average Bonchev–Trinajstić information content (AvgIpc) is 3.34. The van der Waals surface area contributed by atoms with Gasteiger partial charge in [0.25, 0.3) is 0 Å². The number of aliphatic hydroxyl groups excluding tert-OH is 7. The molecule has 0 aromatic rings. The maximum atomic E-state index is 13.1. The zero-order chi connectivity index (χ0) is 49.7. The van der Waals surface area contributed by atoms with Gasteiger partial charge >= 0.3 is 0 Å². The largest absolute Gasteiger partial charge is 0.394 e. The van der Waals surface area contributed by atoms with Gasteiger partial charge in [-0.2, -0.15) is 0 Å². The molecule has 0 radical (unpaired) electrons. The number of hydrogen-bond acceptors (Lipinski definition) is 10. The molecule has 9 unspecified atom stereocenters. The number of unbranched alkanes of at least 4 members (excludes halogenated alkanes) is 36. The first-order valence-corrected chi connectivity index (χ1v) is 29.1. The van der Waals surface area contributed by atoms with Crippen molar-refractivity contribution in [2.45, 2.75) is 332 Å². The van der Waals surface area contributed by atoms with Crippen LogP contribution in [0.5, 0.6) is 0 Å². The summed E-state index contributed by atoms with van der Waals surface area (Å²) in [6.07, 6.45) is 43.1. The second kappa shape index (κ2) is 46.9. The summed E-state index contributed by atoms with van der Waals surface area (Å²) >= 11 is 0. The lowest BCUT2D eigenvalue weighted by molar-refractivity contribution is -0.303. The number of rotatable bonds is 50. The molecule has 0 aromatic heterocycles. The topological polar surface area (TPSA) is 189 Å². The van der Waals surface area contributed by atoms with Crippen molar-refractivity contribution < 1.29 is 50.0 Å². The van der Waals surface area contributed by atoms with Gasteiger partial charge in [-0.05, 0) is 38.5 Å². The number of carbonyl (C=O) groups excluding carboxylic acids is 1. The average molecular weight is 971 g/mol. The van der Waals surface area contributed by atoms with E-state index in [4.69, 9.17) is 9.47 Å². The van der Waals surface area contributed by atoms with Gasteiger partial charge in [-0.25, -0.2) is 0 Å². The molecule has 1 aliphatic rings. The Morgan fingerprint density at radius 1 is 0.500 bits per heavy atom. The van der Waals surface area contributed by atoms with E-state index < -0.39 is 74.2 Å². The van der Waals surface area contributed by atoms with Gasteiger partial charge in [-0.15, -0.1) is 0 Å². The summed E-state index contributed by atoms with van der Waals surface area (Å²) in [5, 5.41) is 75.8. The maximum absolute atomic E-state index is 13.1. The Hall–Kier alpha value is -1.15. The molecule has 404 valence electrons. The van der Waals surface area contributed by atoms with Crippen molar-refractivity contribution in [1.82, 2.24) is 5.32 Å². The normalized spacial score (nSPS) is 20.5. The fourth-order valence-corrected chi connectivity index (χ4v) is 9.56. The summed E-state index contributed by atoms with van der Waals surface area (Å²) in [7, 11) is 0. The first-order chi connectivity index (χ1) is 33.2. The van der Waals surface area contributed by atoms with Gasteiger partial charge < -0.3 is 50.5 Å². The third kappa shape index (κ3) is 35.1. The van der Waals surface area contributed by atoms with E-state index >= 15 is 0 Å². The van der Waals surface area contributed by atoms with Crippen LogP contribution in [-0.4, -0.2) is 110 Å². The number of nitrogens with one attached hydrogen (secondary N) is 1. The molecule has 1 amide bonds. The molecule has 1 heterocycles. The van der Waals surface area contributed by atoms with Crippen LogP contribution in [0.3, 0.4) is 0 Å². The summed E-state index contributed by atoms with van der Waals surface area (Å²) in [6.45, 7) is 3.42. The van der Waals surface area contributed by atoms with E-state index in [-0.39, 0.29) is 12.8 Å². The quantitative estimate of drug-likeness (QED) is 0.0215. The van der Waals surface area contributed by atoms with Crippen LogP contribution < -0.4 is 5.32 Å². The Balaban J connectivity index is 2.16. The number of amides is 1. The summed E-state index contributed by atoms with van der Waals surface area (Å²) < 4.78 is 11.1. The van der Waals surface area contributed by atoms with E-state index in [1.54, 1.807) is 0 Å². The summed E-state index contributed by atoms with van der Waals surface area (Å²) in [5.41, 5.74) is 0. The van der Waals surface area contributed by atoms with Crippen molar-refractivity contribution in [3.8, 4) is 0 Å². The SMILES string of the molecule is CCCCCCC/C=C/CCCC(O)C(O)C(COC1OC(CO)C(O)C(O)C1O)NC(=O)C(O)CCCCCCCCCCCCCCCCCCCCCCCCCCCCCCCCC. The van der Waals surface area contributed by atoms with Crippen LogP contribution in [0.15, 0.2) is 12.2 Å². The van der Waals surface area contributed by atoms with Gasteiger partial charge in [0.15, 0.2) is 6.29 Å². The molecule has 1 aliphatic heterocycles. The number of hydrogen-bond donors (Lipinski definition) is 8. The van der Waals surface area contributed by atoms with Crippen molar-refractivity contribution in [3.63, 3.8) is 0 Å². The second-order valence-corrected chi connectivity index (χ2v) is 20.7. The second-order valence-electron chi connectivity index (χ2n) is 20.7. The van der Waals surface area contributed by atoms with E-state index in [2.05, 4.69) is 31.3 Å². The van der Waals surface area contributed by atoms with Crippen LogP contribution >= 0.6 is 0 Å². The van der Waals surface area contributed by atoms with Crippen molar-refractivity contribution in [3.05, 3.63) is 12.2 Å². The highest BCUT2D eigenvalue weighted by atomic mass is 16.7. The number of carbonyl (C=O) groups is 1. The summed E-state index contributed by atoms with van der Waals surface area (Å²) in [6, 6.07) is -1.18. The van der Waals surface area contributed by atoms with E-state index in [0.717, 1.165) is 38.5 Å². The Kier molecular flexibility index (Phi) is 44.7. The fraction of sp³-hybridized carbons (Fsp3) is 0.947. The van der Waals surface area contributed by atoms with Crippen LogP contribution in [0, 0.1) is 0 Å². The number of allylic oxidation sites excluding steroid dienone is 2. The molecule has 9 atom stereocenters. The van der Waals surface area contributed by atoms with Crippen molar-refractivity contribution in [2.75, 3.05) is 13.2 Å². The molecule has 0 spiro atoms. The highest BCUT2D eigenvalue weighted by Gasteiger charge is 2.44. The van der Waals surface area contributed by atoms with E-state index in [9.17, 15) is 40.5 Å². The maximum Gasteiger partial charge on any atom is 0.249 e. The van der Waals surface area contributed by atoms with Crippen LogP contribution in [-0.2, 0) is 14.3 Å².